The van der Waals surface area contributed by atoms with Gasteiger partial charge in [0, 0.05) is 32.1 Å². The average Bonchev–Trinajstić information content (AvgIpc) is 3.07. The molecule has 0 radical (unpaired) electrons. The van der Waals surface area contributed by atoms with Crippen LogP contribution in [0.2, 0.25) is 0 Å². The smallest absolute Gasteiger partial charge is 0.433 e. The maximum Gasteiger partial charge on any atom is 0.433 e. The van der Waals surface area contributed by atoms with Crippen molar-refractivity contribution >= 4 is 17.5 Å². The number of halogens is 3. The van der Waals surface area contributed by atoms with Crippen LogP contribution in [0, 0.1) is 29.1 Å². The van der Waals surface area contributed by atoms with Crippen LogP contribution in [0.4, 0.5) is 24.7 Å². The van der Waals surface area contributed by atoms with Crippen LogP contribution in [-0.4, -0.2) is 43.7 Å². The summed E-state index contributed by atoms with van der Waals surface area (Å²) in [6, 6.07) is 3.14. The molecule has 4 atom stereocenters. The summed E-state index contributed by atoms with van der Waals surface area (Å²) in [5.41, 5.74) is -0.476. The molecule has 3 fully saturated rings. The molecule has 28 heavy (non-hydrogen) atoms. The highest BCUT2D eigenvalue weighted by molar-refractivity contribution is 5.73. The first kappa shape index (κ1) is 18.8. The molecule has 1 aliphatic carbocycles. The number of hydrogen-bond acceptors (Lipinski definition) is 6. The number of rotatable bonds is 4. The fourth-order valence-corrected chi connectivity index (χ4v) is 4.48. The van der Waals surface area contributed by atoms with E-state index in [1.807, 2.05) is 11.8 Å². The molecule has 0 bridgehead atoms. The lowest BCUT2D eigenvalue weighted by Crippen LogP contribution is -2.47. The number of methoxy groups -OCH3 is 1. The summed E-state index contributed by atoms with van der Waals surface area (Å²) in [7, 11) is 1.35. The minimum atomic E-state index is -4.58. The first-order chi connectivity index (χ1) is 13.2. The van der Waals surface area contributed by atoms with Gasteiger partial charge in [0.2, 0.25) is 0 Å². The molecule has 0 aromatic carbocycles. The number of alkyl halides is 3. The van der Waals surface area contributed by atoms with Crippen molar-refractivity contribution in [2.45, 2.75) is 32.0 Å². The van der Waals surface area contributed by atoms with E-state index in [9.17, 15) is 23.2 Å². The third kappa shape index (κ3) is 3.05. The Morgan fingerprint density at radius 1 is 1.39 bits per heavy atom. The van der Waals surface area contributed by atoms with Crippen LogP contribution in [0.1, 0.15) is 31.0 Å². The Bertz CT molecular complexity index is 839. The quantitative estimate of drug-likeness (QED) is 0.732. The molecule has 3 aliphatic rings. The molecule has 3 heterocycles. The van der Waals surface area contributed by atoms with E-state index in [1.54, 1.807) is 4.90 Å². The molecule has 6 nitrogen and oxygen atoms in total. The molecule has 2 saturated heterocycles. The molecule has 0 unspecified atom stereocenters. The van der Waals surface area contributed by atoms with Crippen molar-refractivity contribution in [3.8, 4) is 6.07 Å². The van der Waals surface area contributed by atoms with E-state index in [-0.39, 0.29) is 41.1 Å². The van der Waals surface area contributed by atoms with Crippen molar-refractivity contribution in [1.29, 1.82) is 5.26 Å². The summed E-state index contributed by atoms with van der Waals surface area (Å²) < 4.78 is 45.1. The van der Waals surface area contributed by atoms with E-state index < -0.39 is 11.9 Å². The minimum Gasteiger partial charge on any atom is -0.469 e. The molecular formula is C19H21F3N4O2. The van der Waals surface area contributed by atoms with E-state index in [1.165, 1.54) is 7.11 Å². The molecule has 1 aromatic rings. The largest absolute Gasteiger partial charge is 0.469 e. The van der Waals surface area contributed by atoms with Crippen molar-refractivity contribution in [3.63, 3.8) is 0 Å². The first-order valence-electron chi connectivity index (χ1n) is 9.35. The molecular weight excluding hydrogens is 373 g/mol. The van der Waals surface area contributed by atoms with Crippen molar-refractivity contribution in [1.82, 2.24) is 4.98 Å². The van der Waals surface area contributed by atoms with Crippen LogP contribution < -0.4 is 9.80 Å². The van der Waals surface area contributed by atoms with Crippen LogP contribution in [-0.2, 0) is 15.7 Å². The van der Waals surface area contributed by atoms with E-state index in [2.05, 4.69) is 11.1 Å². The maximum absolute atomic E-state index is 13.4. The van der Waals surface area contributed by atoms with Gasteiger partial charge in [0.1, 0.15) is 23.1 Å². The Hall–Kier alpha value is -2.50. The normalized spacial score (nSPS) is 28.4. The Morgan fingerprint density at radius 2 is 2.07 bits per heavy atom. The number of aromatic nitrogens is 1. The highest BCUT2D eigenvalue weighted by Gasteiger charge is 2.56. The van der Waals surface area contributed by atoms with Crippen LogP contribution >= 0.6 is 0 Å². The molecule has 1 saturated carbocycles. The Labute approximate surface area is 160 Å². The molecule has 150 valence electrons. The molecule has 4 rings (SSSR count). The maximum atomic E-state index is 13.4. The topological polar surface area (TPSA) is 69.5 Å². The number of anilines is 2. The second-order valence-corrected chi connectivity index (χ2v) is 7.84. The predicted octanol–water partition coefficient (Wildman–Crippen LogP) is 2.82. The monoisotopic (exact) mass is 394 g/mol. The molecule has 2 aliphatic heterocycles. The molecule has 0 N–H and O–H groups in total. The zero-order chi connectivity index (χ0) is 20.2. The van der Waals surface area contributed by atoms with Gasteiger partial charge in [0.15, 0.2) is 0 Å². The van der Waals surface area contributed by atoms with Gasteiger partial charge in [-0.2, -0.15) is 18.4 Å². The third-order valence-electron chi connectivity index (χ3n) is 6.32. The highest BCUT2D eigenvalue weighted by Crippen LogP contribution is 2.55. The number of esters is 1. The summed E-state index contributed by atoms with van der Waals surface area (Å²) in [6.07, 6.45) is -3.38. The van der Waals surface area contributed by atoms with Gasteiger partial charge < -0.3 is 14.5 Å². The summed E-state index contributed by atoms with van der Waals surface area (Å²) in [5, 5.41) is 9.70. The standard InChI is InChI=1S/C19H21F3N4O2/c1-10-3-4-26(10)18-12(7-23)15(6-16(24-18)19(20,21)22)25-8-13-11(14(13)9-25)5-17(27)28-2/h6,10-11,13-14H,3-5,8-9H2,1-2H3/t10-,11-,13-,14+/m0/s1. The summed E-state index contributed by atoms with van der Waals surface area (Å²) >= 11 is 0. The van der Waals surface area contributed by atoms with Crippen molar-refractivity contribution < 1.29 is 22.7 Å². The first-order valence-corrected chi connectivity index (χ1v) is 9.35. The summed E-state index contributed by atoms with van der Waals surface area (Å²) in [5.74, 6) is 0.575. The zero-order valence-electron chi connectivity index (χ0n) is 15.7. The van der Waals surface area contributed by atoms with Gasteiger partial charge in [-0.3, -0.25) is 4.79 Å². The average molecular weight is 394 g/mol. The second kappa shape index (κ2) is 6.54. The second-order valence-electron chi connectivity index (χ2n) is 7.84. The predicted molar refractivity (Wildman–Crippen MR) is 94.7 cm³/mol. The van der Waals surface area contributed by atoms with Crippen molar-refractivity contribution in [2.24, 2.45) is 17.8 Å². The molecule has 0 spiro atoms. The Kier molecular flexibility index (Phi) is 4.40. The minimum absolute atomic E-state index is 0.0624. The summed E-state index contributed by atoms with van der Waals surface area (Å²) in [4.78, 5) is 18.9. The van der Waals surface area contributed by atoms with Gasteiger partial charge in [-0.05, 0) is 37.2 Å². The number of nitrogens with zero attached hydrogens (tertiary/aromatic N) is 4. The van der Waals surface area contributed by atoms with Gasteiger partial charge in [-0.15, -0.1) is 0 Å². The Morgan fingerprint density at radius 3 is 2.54 bits per heavy atom. The van der Waals surface area contributed by atoms with E-state index in [0.29, 0.717) is 31.7 Å². The molecule has 0 amide bonds. The van der Waals surface area contributed by atoms with Gasteiger partial charge >= 0.3 is 12.1 Å². The van der Waals surface area contributed by atoms with Crippen molar-refractivity contribution in [2.75, 3.05) is 36.5 Å². The van der Waals surface area contributed by atoms with E-state index >= 15 is 0 Å². The lowest BCUT2D eigenvalue weighted by molar-refractivity contribution is -0.142. The Balaban J connectivity index is 1.63. The number of nitriles is 1. The van der Waals surface area contributed by atoms with Gasteiger partial charge in [0.05, 0.1) is 12.8 Å². The number of carbonyl (C=O) groups excluding carboxylic acids is 1. The van der Waals surface area contributed by atoms with Crippen LogP contribution in [0.15, 0.2) is 6.07 Å². The fourth-order valence-electron chi connectivity index (χ4n) is 4.48. The number of carbonyl (C=O) groups is 1. The third-order valence-corrected chi connectivity index (χ3v) is 6.32. The fraction of sp³-hybridized carbons (Fsp3) is 0.632. The number of pyridine rings is 1. The van der Waals surface area contributed by atoms with Crippen molar-refractivity contribution in [3.05, 3.63) is 17.3 Å². The van der Waals surface area contributed by atoms with Crippen LogP contribution in [0.3, 0.4) is 0 Å². The van der Waals surface area contributed by atoms with E-state index in [4.69, 9.17) is 4.74 Å². The number of fused-ring (bicyclic) bond motifs is 1. The van der Waals surface area contributed by atoms with E-state index in [0.717, 1.165) is 12.5 Å². The van der Waals surface area contributed by atoms with Gasteiger partial charge in [-0.1, -0.05) is 0 Å². The molecule has 1 aromatic heterocycles. The number of hydrogen-bond donors (Lipinski definition) is 0. The lowest BCUT2D eigenvalue weighted by Gasteiger charge is -2.41. The number of piperidine rings is 1. The van der Waals surface area contributed by atoms with Crippen LogP contribution in [0.25, 0.3) is 0 Å². The zero-order valence-corrected chi connectivity index (χ0v) is 15.7. The van der Waals surface area contributed by atoms with Gasteiger partial charge in [0.25, 0.3) is 0 Å². The van der Waals surface area contributed by atoms with Gasteiger partial charge in [-0.25, -0.2) is 4.98 Å². The highest BCUT2D eigenvalue weighted by atomic mass is 19.4. The summed E-state index contributed by atoms with van der Waals surface area (Å²) in [6.45, 7) is 3.58. The number of ether oxygens (including phenoxy) is 1. The SMILES string of the molecule is COC(=O)C[C@@H]1[C@H]2CN(c3cc(C(F)(F)F)nc(N4CC[C@@H]4C)c3C#N)C[C@@H]12. The van der Waals surface area contributed by atoms with Crippen LogP contribution in [0.5, 0.6) is 0 Å². The molecule has 9 heteroatoms. The lowest BCUT2D eigenvalue weighted by atomic mass is 10.0.